The second-order valence-electron chi connectivity index (χ2n) is 8.81. The molecule has 0 bridgehead atoms. The lowest BCUT2D eigenvalue weighted by Gasteiger charge is -2.14. The Bertz CT molecular complexity index is 1650. The van der Waals surface area contributed by atoms with Gasteiger partial charge in [0.05, 0.1) is 5.56 Å². The lowest BCUT2D eigenvalue weighted by Crippen LogP contribution is -2.42. The highest BCUT2D eigenvalue weighted by Crippen LogP contribution is 2.25. The van der Waals surface area contributed by atoms with Gasteiger partial charge >= 0.3 is 5.97 Å². The molecule has 1 unspecified atom stereocenters. The molecule has 3 aromatic carbocycles. The Morgan fingerprint density at radius 3 is 2.46 bits per heavy atom. The summed E-state index contributed by atoms with van der Waals surface area (Å²) < 4.78 is 20.3. The van der Waals surface area contributed by atoms with Crippen molar-refractivity contribution in [3.05, 3.63) is 101 Å². The second kappa shape index (κ2) is 10.9. The molecule has 0 radical (unpaired) electrons. The van der Waals surface area contributed by atoms with Crippen LogP contribution in [-0.4, -0.2) is 43.1 Å². The highest BCUT2D eigenvalue weighted by atomic mass is 35.5. The van der Waals surface area contributed by atoms with Crippen molar-refractivity contribution in [2.24, 2.45) is 0 Å². The molecule has 1 atom stereocenters. The van der Waals surface area contributed by atoms with Gasteiger partial charge < -0.3 is 19.9 Å². The van der Waals surface area contributed by atoms with E-state index in [2.05, 4.69) is 25.4 Å². The first-order valence-electron chi connectivity index (χ1n) is 11.8. The summed E-state index contributed by atoms with van der Waals surface area (Å²) in [7, 11) is 0. The molecule has 11 heteroatoms. The summed E-state index contributed by atoms with van der Waals surface area (Å²) in [6.07, 6.45) is 1.22. The van der Waals surface area contributed by atoms with Gasteiger partial charge in [0.2, 0.25) is 5.82 Å². The van der Waals surface area contributed by atoms with Crippen molar-refractivity contribution >= 4 is 23.5 Å². The van der Waals surface area contributed by atoms with E-state index < -0.39 is 23.7 Å². The summed E-state index contributed by atoms with van der Waals surface area (Å²) in [4.78, 5) is 36.0. The molecule has 2 aromatic heterocycles. The number of amides is 1. The topological polar surface area (TPSA) is 134 Å². The molecule has 0 saturated heterocycles. The van der Waals surface area contributed by atoms with Crippen LogP contribution in [0.15, 0.2) is 77.4 Å². The van der Waals surface area contributed by atoms with Gasteiger partial charge in [-0.05, 0) is 61.0 Å². The third-order valence-corrected chi connectivity index (χ3v) is 6.22. The Morgan fingerprint density at radius 2 is 1.77 bits per heavy atom. The van der Waals surface area contributed by atoms with Crippen LogP contribution >= 0.6 is 11.6 Å². The fraction of sp³-hybridized carbons (Fsp3) is 0.107. The maximum Gasteiger partial charge on any atom is 0.326 e. The number of carboxylic acids is 1. The van der Waals surface area contributed by atoms with E-state index >= 15 is 0 Å². The van der Waals surface area contributed by atoms with E-state index in [1.54, 1.807) is 30.3 Å². The Balaban J connectivity index is 1.28. The molecule has 5 aromatic rings. The van der Waals surface area contributed by atoms with Crippen molar-refractivity contribution in [3.63, 3.8) is 0 Å². The molecular formula is C28H21ClFN5O4. The van der Waals surface area contributed by atoms with Gasteiger partial charge in [-0.25, -0.2) is 14.2 Å². The van der Waals surface area contributed by atoms with Gasteiger partial charge in [0, 0.05) is 28.8 Å². The van der Waals surface area contributed by atoms with Crippen molar-refractivity contribution in [3.8, 4) is 34.2 Å². The number of carboxylic acid groups (broad SMARTS) is 1. The Labute approximate surface area is 226 Å². The number of aromatic amines is 1. The predicted molar refractivity (Wildman–Crippen MR) is 141 cm³/mol. The number of aryl methyl sites for hydroxylation is 1. The van der Waals surface area contributed by atoms with Gasteiger partial charge in [-0.1, -0.05) is 40.5 Å². The number of hydrogen-bond donors (Lipinski definition) is 3. The molecule has 0 saturated carbocycles. The summed E-state index contributed by atoms with van der Waals surface area (Å²) >= 11 is 5.90. The zero-order chi connectivity index (χ0) is 27.5. The van der Waals surface area contributed by atoms with Crippen LogP contribution < -0.4 is 5.32 Å². The number of H-pyrrole nitrogens is 1. The normalized spacial score (nSPS) is 11.8. The standard InChI is InChI=1S/C28H21ClFN5O4/c1-15-2-5-18(6-3-15)27-34-25(35-39-27)20-11-4-16(12-21(20)30)13-22(28(37)38)33-26(36)23-14-31-24(32-23)17-7-9-19(29)10-8-17/h2-12,14,22H,13H2,1H3,(H,31,32)(H,33,36)(H,37,38). The van der Waals surface area contributed by atoms with Crippen molar-refractivity contribution in [2.75, 3.05) is 0 Å². The second-order valence-corrected chi connectivity index (χ2v) is 9.25. The summed E-state index contributed by atoms with van der Waals surface area (Å²) in [5.74, 6) is -1.88. The van der Waals surface area contributed by atoms with Gasteiger partial charge in [-0.15, -0.1) is 0 Å². The predicted octanol–water partition coefficient (Wildman–Crippen LogP) is 5.32. The highest BCUT2D eigenvalue weighted by molar-refractivity contribution is 6.30. The molecule has 5 rings (SSSR count). The van der Waals surface area contributed by atoms with Crippen LogP contribution in [0.4, 0.5) is 4.39 Å². The summed E-state index contributed by atoms with van der Waals surface area (Å²) in [6, 6.07) is 17.2. The fourth-order valence-corrected chi connectivity index (χ4v) is 4.00. The zero-order valence-corrected chi connectivity index (χ0v) is 21.2. The molecular weight excluding hydrogens is 525 g/mol. The fourth-order valence-electron chi connectivity index (χ4n) is 3.87. The maximum atomic E-state index is 15.0. The smallest absolute Gasteiger partial charge is 0.326 e. The number of imidazole rings is 1. The first-order valence-corrected chi connectivity index (χ1v) is 12.2. The van der Waals surface area contributed by atoms with Gasteiger partial charge in [0.1, 0.15) is 23.4 Å². The van der Waals surface area contributed by atoms with Crippen LogP contribution in [0.1, 0.15) is 21.6 Å². The lowest BCUT2D eigenvalue weighted by molar-refractivity contribution is -0.139. The maximum absolute atomic E-state index is 15.0. The van der Waals surface area contributed by atoms with E-state index in [1.807, 2.05) is 31.2 Å². The van der Waals surface area contributed by atoms with Crippen LogP contribution in [0.25, 0.3) is 34.2 Å². The molecule has 0 aliphatic rings. The Morgan fingerprint density at radius 1 is 1.05 bits per heavy atom. The number of halogens is 2. The van der Waals surface area contributed by atoms with Crippen molar-refractivity contribution in [2.45, 2.75) is 19.4 Å². The number of aliphatic carboxylic acids is 1. The first-order chi connectivity index (χ1) is 18.8. The number of hydrogen-bond acceptors (Lipinski definition) is 6. The molecule has 1 amide bonds. The Hall–Kier alpha value is -4.83. The van der Waals surface area contributed by atoms with Crippen LogP contribution in [0.3, 0.4) is 0 Å². The van der Waals surface area contributed by atoms with Crippen molar-refractivity contribution < 1.29 is 23.6 Å². The van der Waals surface area contributed by atoms with Gasteiger partial charge in [0.25, 0.3) is 11.8 Å². The third kappa shape index (κ3) is 5.86. The van der Waals surface area contributed by atoms with E-state index in [0.717, 1.165) is 5.56 Å². The third-order valence-electron chi connectivity index (χ3n) is 5.97. The van der Waals surface area contributed by atoms with Crippen LogP contribution in [0.2, 0.25) is 5.02 Å². The van der Waals surface area contributed by atoms with Crippen LogP contribution in [0.5, 0.6) is 0 Å². The molecule has 39 heavy (non-hydrogen) atoms. The van der Waals surface area contributed by atoms with Crippen LogP contribution in [0, 0.1) is 12.7 Å². The average molecular weight is 546 g/mol. The number of carbonyl (C=O) groups is 2. The van der Waals surface area contributed by atoms with Gasteiger partial charge in [0.15, 0.2) is 0 Å². The number of benzene rings is 3. The SMILES string of the molecule is Cc1ccc(-c2nc(-c3ccc(CC(NC(=O)c4c[nH]c(-c5ccc(Cl)cc5)n4)C(=O)O)cc3F)no2)cc1. The van der Waals surface area contributed by atoms with Gasteiger partial charge in [-0.3, -0.25) is 4.79 Å². The number of nitrogens with zero attached hydrogens (tertiary/aromatic N) is 3. The van der Waals surface area contributed by atoms with Crippen molar-refractivity contribution in [1.82, 2.24) is 25.4 Å². The van der Waals surface area contributed by atoms with E-state index in [1.165, 1.54) is 18.3 Å². The van der Waals surface area contributed by atoms with Gasteiger partial charge in [-0.2, -0.15) is 4.98 Å². The molecule has 0 aliphatic heterocycles. The summed E-state index contributed by atoms with van der Waals surface area (Å²) in [5, 5.41) is 16.6. The summed E-state index contributed by atoms with van der Waals surface area (Å²) in [5.41, 5.74) is 2.94. The number of aromatic nitrogens is 4. The molecule has 2 heterocycles. The van der Waals surface area contributed by atoms with Crippen LogP contribution in [-0.2, 0) is 11.2 Å². The zero-order valence-electron chi connectivity index (χ0n) is 20.5. The number of carbonyl (C=O) groups excluding carboxylic acids is 1. The highest BCUT2D eigenvalue weighted by Gasteiger charge is 2.24. The minimum absolute atomic E-state index is 0.00853. The monoisotopic (exact) mass is 545 g/mol. The summed E-state index contributed by atoms with van der Waals surface area (Å²) in [6.45, 7) is 1.95. The minimum Gasteiger partial charge on any atom is -0.480 e. The van der Waals surface area contributed by atoms with E-state index in [9.17, 15) is 19.1 Å². The van der Waals surface area contributed by atoms with Crippen molar-refractivity contribution in [1.29, 1.82) is 0 Å². The molecule has 196 valence electrons. The van der Waals surface area contributed by atoms with E-state index in [4.69, 9.17) is 16.1 Å². The molecule has 3 N–H and O–H groups in total. The first kappa shape index (κ1) is 25.8. The molecule has 0 spiro atoms. The van der Waals surface area contributed by atoms with E-state index in [-0.39, 0.29) is 29.4 Å². The quantitative estimate of drug-likeness (QED) is 0.240. The molecule has 0 fully saturated rings. The number of rotatable bonds is 8. The largest absolute Gasteiger partial charge is 0.480 e. The molecule has 0 aliphatic carbocycles. The number of nitrogens with one attached hydrogen (secondary N) is 2. The average Bonchev–Trinajstić information content (AvgIpc) is 3.60. The lowest BCUT2D eigenvalue weighted by atomic mass is 10.0. The minimum atomic E-state index is -1.32. The Kier molecular flexibility index (Phi) is 7.20. The molecule has 9 nitrogen and oxygen atoms in total. The van der Waals surface area contributed by atoms with E-state index in [0.29, 0.717) is 27.5 Å².